The Balaban J connectivity index is 1.98. The summed E-state index contributed by atoms with van der Waals surface area (Å²) in [5, 5.41) is 11.8. The van der Waals surface area contributed by atoms with Gasteiger partial charge in [0.1, 0.15) is 5.82 Å². The normalized spacial score (nSPS) is 18.9. The third-order valence-corrected chi connectivity index (χ3v) is 4.69. The zero-order valence-electron chi connectivity index (χ0n) is 12.1. The van der Waals surface area contributed by atoms with Gasteiger partial charge in [-0.1, -0.05) is 13.8 Å². The summed E-state index contributed by atoms with van der Waals surface area (Å²) in [4.78, 5) is 14.3. The quantitative estimate of drug-likeness (QED) is 0.902. The van der Waals surface area contributed by atoms with Gasteiger partial charge in [-0.3, -0.25) is 4.79 Å². The second kappa shape index (κ2) is 7.47. The largest absolute Gasteiger partial charge is 0.369 e. The fourth-order valence-corrected chi connectivity index (χ4v) is 3.29. The van der Waals surface area contributed by atoms with Crippen molar-refractivity contribution in [1.82, 2.24) is 15.1 Å². The number of carbonyl (C=O) groups excluding carboxylic acids is 1. The first-order valence-electron chi connectivity index (χ1n) is 7.23. The van der Waals surface area contributed by atoms with Gasteiger partial charge in [-0.05, 0) is 25.0 Å². The van der Waals surface area contributed by atoms with E-state index in [0.717, 1.165) is 44.0 Å². The van der Waals surface area contributed by atoms with Crippen LogP contribution in [0.25, 0.3) is 0 Å². The van der Waals surface area contributed by atoms with Gasteiger partial charge < -0.3 is 10.2 Å². The molecule has 1 amide bonds. The molecule has 0 bridgehead atoms. The predicted molar refractivity (Wildman–Crippen MR) is 83.3 cm³/mol. The van der Waals surface area contributed by atoms with Gasteiger partial charge in [0.15, 0.2) is 5.69 Å². The van der Waals surface area contributed by atoms with Crippen molar-refractivity contribution in [2.45, 2.75) is 31.9 Å². The second-order valence-corrected chi connectivity index (χ2v) is 6.29. The molecule has 0 spiro atoms. The number of nitrogens with one attached hydrogen (secondary N) is 1. The van der Waals surface area contributed by atoms with Crippen LogP contribution in [-0.4, -0.2) is 51.6 Å². The van der Waals surface area contributed by atoms with Crippen LogP contribution in [0.15, 0.2) is 12.1 Å². The monoisotopic (exact) mass is 294 g/mol. The highest BCUT2D eigenvalue weighted by molar-refractivity contribution is 8.00. The lowest BCUT2D eigenvalue weighted by atomic mass is 10.2. The molecule has 1 aromatic rings. The fourth-order valence-electron chi connectivity index (χ4n) is 2.11. The maximum atomic E-state index is 12.4. The number of hydrogen-bond donors (Lipinski definition) is 1. The molecule has 1 saturated heterocycles. The molecule has 5 nitrogen and oxygen atoms in total. The number of amides is 1. The third-order valence-electron chi connectivity index (χ3n) is 3.32. The standard InChI is InChI=1S/C14H22N4OS/c1-3-7-15-13-6-5-12(16-17-13)14(19)18-8-9-20-11(4-2)10-18/h5-6,11H,3-4,7-10H2,1-2H3,(H,15,17). The number of carbonyl (C=O) groups is 1. The molecular weight excluding hydrogens is 272 g/mol. The molecule has 1 aliphatic rings. The van der Waals surface area contributed by atoms with E-state index in [-0.39, 0.29) is 5.91 Å². The van der Waals surface area contributed by atoms with Crippen molar-refractivity contribution in [1.29, 1.82) is 0 Å². The lowest BCUT2D eigenvalue weighted by molar-refractivity contribution is 0.0754. The van der Waals surface area contributed by atoms with Crippen molar-refractivity contribution in [3.05, 3.63) is 17.8 Å². The summed E-state index contributed by atoms with van der Waals surface area (Å²) >= 11 is 1.95. The van der Waals surface area contributed by atoms with Crippen LogP contribution in [0, 0.1) is 0 Å². The minimum atomic E-state index is -0.00158. The van der Waals surface area contributed by atoms with E-state index < -0.39 is 0 Å². The lowest BCUT2D eigenvalue weighted by Gasteiger charge is -2.31. The van der Waals surface area contributed by atoms with E-state index in [9.17, 15) is 4.79 Å². The molecule has 1 aromatic heterocycles. The van der Waals surface area contributed by atoms with Gasteiger partial charge >= 0.3 is 0 Å². The van der Waals surface area contributed by atoms with Crippen molar-refractivity contribution in [3.8, 4) is 0 Å². The summed E-state index contributed by atoms with van der Waals surface area (Å²) in [6, 6.07) is 3.59. The van der Waals surface area contributed by atoms with Crippen molar-refractivity contribution < 1.29 is 4.79 Å². The Bertz CT molecular complexity index is 437. The number of rotatable bonds is 5. The molecule has 1 aliphatic heterocycles. The molecule has 1 fully saturated rings. The topological polar surface area (TPSA) is 58.1 Å². The molecule has 110 valence electrons. The van der Waals surface area contributed by atoms with Crippen LogP contribution in [0.3, 0.4) is 0 Å². The molecule has 1 atom stereocenters. The van der Waals surface area contributed by atoms with Gasteiger partial charge in [0, 0.05) is 30.6 Å². The Hall–Kier alpha value is -1.30. The summed E-state index contributed by atoms with van der Waals surface area (Å²) in [5.41, 5.74) is 0.439. The van der Waals surface area contributed by atoms with Crippen molar-refractivity contribution in [3.63, 3.8) is 0 Å². The molecule has 0 radical (unpaired) electrons. The lowest BCUT2D eigenvalue weighted by Crippen LogP contribution is -2.42. The molecule has 0 aliphatic carbocycles. The van der Waals surface area contributed by atoms with Crippen LogP contribution < -0.4 is 5.32 Å². The maximum Gasteiger partial charge on any atom is 0.274 e. The van der Waals surface area contributed by atoms with Crippen LogP contribution >= 0.6 is 11.8 Å². The van der Waals surface area contributed by atoms with E-state index in [4.69, 9.17) is 0 Å². The summed E-state index contributed by atoms with van der Waals surface area (Å²) in [5.74, 6) is 1.73. The van der Waals surface area contributed by atoms with Crippen molar-refractivity contribution in [2.24, 2.45) is 0 Å². The Morgan fingerprint density at radius 1 is 1.45 bits per heavy atom. The summed E-state index contributed by atoms with van der Waals surface area (Å²) < 4.78 is 0. The van der Waals surface area contributed by atoms with E-state index in [0.29, 0.717) is 10.9 Å². The molecule has 2 heterocycles. The Kier molecular flexibility index (Phi) is 5.64. The van der Waals surface area contributed by atoms with E-state index in [1.165, 1.54) is 0 Å². The Morgan fingerprint density at radius 3 is 2.95 bits per heavy atom. The summed E-state index contributed by atoms with van der Waals surface area (Å²) in [6.07, 6.45) is 2.13. The maximum absolute atomic E-state index is 12.4. The van der Waals surface area contributed by atoms with Crippen LogP contribution in [0.1, 0.15) is 37.2 Å². The molecule has 6 heteroatoms. The second-order valence-electron chi connectivity index (χ2n) is 4.88. The molecule has 20 heavy (non-hydrogen) atoms. The molecule has 2 rings (SSSR count). The molecule has 0 saturated carbocycles. The van der Waals surface area contributed by atoms with Crippen LogP contribution in [0.2, 0.25) is 0 Å². The zero-order valence-corrected chi connectivity index (χ0v) is 12.9. The highest BCUT2D eigenvalue weighted by Crippen LogP contribution is 2.22. The number of hydrogen-bond acceptors (Lipinski definition) is 5. The average Bonchev–Trinajstić information content (AvgIpc) is 2.52. The molecule has 1 unspecified atom stereocenters. The van der Waals surface area contributed by atoms with Crippen LogP contribution in [0.4, 0.5) is 5.82 Å². The first-order chi connectivity index (χ1) is 9.74. The zero-order chi connectivity index (χ0) is 14.4. The number of thioether (sulfide) groups is 1. The molecule has 0 aromatic carbocycles. The minimum Gasteiger partial charge on any atom is -0.369 e. The fraction of sp³-hybridized carbons (Fsp3) is 0.643. The smallest absolute Gasteiger partial charge is 0.274 e. The number of anilines is 1. The van der Waals surface area contributed by atoms with Gasteiger partial charge in [0.2, 0.25) is 0 Å². The number of aromatic nitrogens is 2. The first kappa shape index (κ1) is 15.1. The van der Waals surface area contributed by atoms with Crippen molar-refractivity contribution in [2.75, 3.05) is 30.7 Å². The van der Waals surface area contributed by atoms with E-state index in [2.05, 4.69) is 29.4 Å². The van der Waals surface area contributed by atoms with Gasteiger partial charge in [-0.2, -0.15) is 11.8 Å². The third kappa shape index (κ3) is 3.85. The van der Waals surface area contributed by atoms with Crippen LogP contribution in [0.5, 0.6) is 0 Å². The Morgan fingerprint density at radius 2 is 2.30 bits per heavy atom. The predicted octanol–water partition coefficient (Wildman–Crippen LogP) is 2.27. The van der Waals surface area contributed by atoms with E-state index in [1.807, 2.05) is 22.7 Å². The Labute approximate surface area is 124 Å². The minimum absolute atomic E-state index is 0.00158. The van der Waals surface area contributed by atoms with Crippen LogP contribution in [-0.2, 0) is 0 Å². The highest BCUT2D eigenvalue weighted by atomic mass is 32.2. The van der Waals surface area contributed by atoms with Gasteiger partial charge in [0.05, 0.1) is 0 Å². The highest BCUT2D eigenvalue weighted by Gasteiger charge is 2.24. The SMILES string of the molecule is CCCNc1ccc(C(=O)N2CCSC(CC)C2)nn1. The van der Waals surface area contributed by atoms with Gasteiger partial charge in [-0.25, -0.2) is 0 Å². The molecule has 1 N–H and O–H groups in total. The molecular formula is C14H22N4OS. The average molecular weight is 294 g/mol. The summed E-state index contributed by atoms with van der Waals surface area (Å²) in [6.45, 7) is 6.75. The van der Waals surface area contributed by atoms with Gasteiger partial charge in [0.25, 0.3) is 5.91 Å². The summed E-state index contributed by atoms with van der Waals surface area (Å²) in [7, 11) is 0. The van der Waals surface area contributed by atoms with E-state index in [1.54, 1.807) is 6.07 Å². The number of nitrogens with zero attached hydrogens (tertiary/aromatic N) is 3. The van der Waals surface area contributed by atoms with Gasteiger partial charge in [-0.15, -0.1) is 10.2 Å². The first-order valence-corrected chi connectivity index (χ1v) is 8.28. The van der Waals surface area contributed by atoms with E-state index >= 15 is 0 Å². The van der Waals surface area contributed by atoms with Crippen molar-refractivity contribution >= 4 is 23.5 Å².